The third-order valence-electron chi connectivity index (χ3n) is 2.82. The second kappa shape index (κ2) is 9.72. The molecule has 0 aromatic rings. The summed E-state index contributed by atoms with van der Waals surface area (Å²) >= 11 is 0. The summed E-state index contributed by atoms with van der Waals surface area (Å²) in [6.07, 6.45) is -0.821. The van der Waals surface area contributed by atoms with Crippen molar-refractivity contribution in [3.63, 3.8) is 0 Å². The predicted octanol–water partition coefficient (Wildman–Crippen LogP) is 0.0530. The topological polar surface area (TPSA) is 78.9 Å². The van der Waals surface area contributed by atoms with E-state index in [1.54, 1.807) is 13.8 Å². The Morgan fingerprint density at radius 1 is 0.760 bits per heavy atom. The summed E-state index contributed by atoms with van der Waals surface area (Å²) in [6.45, 7) is 3.47. The summed E-state index contributed by atoms with van der Waals surface area (Å²) in [4.78, 5) is 35.4. The Morgan fingerprint density at radius 3 is 1.64 bits per heavy atom. The van der Waals surface area contributed by atoms with Crippen LogP contribution in [0, 0.1) is 5.92 Å². The third kappa shape index (κ3) is 13.3. The molecular weight excluding hydrogens is 328 g/mol. The van der Waals surface area contributed by atoms with Crippen molar-refractivity contribution in [2.75, 3.05) is 68.6 Å². The number of rotatable bonds is 10. The van der Waals surface area contributed by atoms with Gasteiger partial charge in [0.2, 0.25) is 0 Å². The zero-order chi connectivity index (χ0) is 19.8. The Labute approximate surface area is 150 Å². The maximum absolute atomic E-state index is 12.0. The van der Waals surface area contributed by atoms with Gasteiger partial charge in [-0.05, 0) is 0 Å². The van der Waals surface area contributed by atoms with E-state index in [1.165, 1.54) is 0 Å². The van der Waals surface area contributed by atoms with Gasteiger partial charge in [0.15, 0.2) is 19.2 Å². The van der Waals surface area contributed by atoms with Crippen molar-refractivity contribution in [1.29, 1.82) is 0 Å². The summed E-state index contributed by atoms with van der Waals surface area (Å²) in [5.74, 6) is -1.54. The molecule has 25 heavy (non-hydrogen) atoms. The molecule has 0 aliphatic heterocycles. The van der Waals surface area contributed by atoms with E-state index in [2.05, 4.69) is 0 Å². The molecule has 0 spiro atoms. The van der Waals surface area contributed by atoms with E-state index >= 15 is 0 Å². The normalized spacial score (nSPS) is 13.3. The van der Waals surface area contributed by atoms with Crippen molar-refractivity contribution in [3.8, 4) is 0 Å². The summed E-state index contributed by atoms with van der Waals surface area (Å²) in [7, 11) is 11.2. The van der Waals surface area contributed by atoms with E-state index in [9.17, 15) is 14.4 Å². The first-order valence-corrected chi connectivity index (χ1v) is 8.32. The fourth-order valence-corrected chi connectivity index (χ4v) is 1.69. The molecule has 0 aromatic carbocycles. The summed E-state index contributed by atoms with van der Waals surface area (Å²) in [5.41, 5.74) is 0. The van der Waals surface area contributed by atoms with Crippen LogP contribution in [0.2, 0.25) is 0 Å². The smallest absolute Gasteiger partial charge is 0.362 e. The largest absolute Gasteiger partial charge is 0.461 e. The SMILES string of the molecule is CC(C)C(=O)OCC(COC(=O)C[N+](C)(C)C)OC(=O)C[N+](C)(C)C. The molecule has 0 fully saturated rings. The van der Waals surface area contributed by atoms with Crippen LogP contribution in [-0.2, 0) is 28.6 Å². The molecule has 1 atom stereocenters. The average molecular weight is 362 g/mol. The van der Waals surface area contributed by atoms with Crippen molar-refractivity contribution in [1.82, 2.24) is 0 Å². The van der Waals surface area contributed by atoms with Gasteiger partial charge in [-0.3, -0.25) is 4.79 Å². The van der Waals surface area contributed by atoms with Gasteiger partial charge in [0.05, 0.1) is 48.2 Å². The average Bonchev–Trinajstić information content (AvgIpc) is 2.37. The molecule has 0 amide bonds. The van der Waals surface area contributed by atoms with Crippen molar-refractivity contribution in [2.45, 2.75) is 20.0 Å². The molecule has 1 unspecified atom stereocenters. The quantitative estimate of drug-likeness (QED) is 0.310. The zero-order valence-electron chi connectivity index (χ0n) is 16.8. The fraction of sp³-hybridized carbons (Fsp3) is 0.824. The van der Waals surface area contributed by atoms with Gasteiger partial charge in [-0.25, -0.2) is 9.59 Å². The Hall–Kier alpha value is -1.67. The van der Waals surface area contributed by atoms with E-state index in [0.29, 0.717) is 8.97 Å². The molecule has 0 aliphatic rings. The predicted molar refractivity (Wildman–Crippen MR) is 92.4 cm³/mol. The second-order valence-electron chi connectivity index (χ2n) is 8.48. The number of ether oxygens (including phenoxy) is 3. The summed E-state index contributed by atoms with van der Waals surface area (Å²) < 4.78 is 16.4. The highest BCUT2D eigenvalue weighted by Crippen LogP contribution is 2.04. The number of esters is 3. The highest BCUT2D eigenvalue weighted by molar-refractivity contribution is 5.72. The van der Waals surface area contributed by atoms with Crippen molar-refractivity contribution < 1.29 is 37.6 Å². The molecule has 0 rings (SSSR count). The molecule has 0 aliphatic carbocycles. The van der Waals surface area contributed by atoms with Crippen molar-refractivity contribution in [3.05, 3.63) is 0 Å². The maximum atomic E-state index is 12.0. The molecule has 0 saturated carbocycles. The Kier molecular flexibility index (Phi) is 9.07. The zero-order valence-corrected chi connectivity index (χ0v) is 16.8. The van der Waals surface area contributed by atoms with Crippen molar-refractivity contribution in [2.24, 2.45) is 5.92 Å². The summed E-state index contributed by atoms with van der Waals surface area (Å²) in [6, 6.07) is 0. The lowest BCUT2D eigenvalue weighted by atomic mass is 10.2. The van der Waals surface area contributed by atoms with Crippen LogP contribution in [0.5, 0.6) is 0 Å². The lowest BCUT2D eigenvalue weighted by Crippen LogP contribution is -2.43. The number of carbonyl (C=O) groups excluding carboxylic acids is 3. The highest BCUT2D eigenvalue weighted by Gasteiger charge is 2.24. The molecule has 8 nitrogen and oxygen atoms in total. The molecule has 0 aromatic heterocycles. The Balaban J connectivity index is 4.69. The molecule has 8 heteroatoms. The first kappa shape index (κ1) is 23.3. The minimum atomic E-state index is -0.821. The fourth-order valence-electron chi connectivity index (χ4n) is 1.69. The van der Waals surface area contributed by atoms with Crippen LogP contribution in [-0.4, -0.2) is 102 Å². The first-order valence-electron chi connectivity index (χ1n) is 8.32. The monoisotopic (exact) mass is 362 g/mol. The van der Waals surface area contributed by atoms with Gasteiger partial charge in [-0.15, -0.1) is 0 Å². The molecule has 0 radical (unpaired) electrons. The van der Waals surface area contributed by atoms with E-state index in [1.807, 2.05) is 42.3 Å². The van der Waals surface area contributed by atoms with Crippen LogP contribution >= 0.6 is 0 Å². The van der Waals surface area contributed by atoms with Crippen LogP contribution in [0.25, 0.3) is 0 Å². The van der Waals surface area contributed by atoms with Crippen LogP contribution < -0.4 is 0 Å². The lowest BCUT2D eigenvalue weighted by molar-refractivity contribution is -0.863. The van der Waals surface area contributed by atoms with E-state index in [-0.39, 0.29) is 32.2 Å². The molecule has 0 bridgehead atoms. The van der Waals surface area contributed by atoms with Gasteiger partial charge >= 0.3 is 17.9 Å². The van der Waals surface area contributed by atoms with Crippen LogP contribution in [0.3, 0.4) is 0 Å². The molecule has 0 heterocycles. The number of nitrogens with zero attached hydrogens (tertiary/aromatic N) is 2. The molecule has 0 saturated heterocycles. The van der Waals surface area contributed by atoms with Gasteiger partial charge in [0.25, 0.3) is 0 Å². The van der Waals surface area contributed by atoms with E-state index in [4.69, 9.17) is 14.2 Å². The Bertz CT molecular complexity index is 463. The maximum Gasteiger partial charge on any atom is 0.362 e. The van der Waals surface area contributed by atoms with Gasteiger partial charge < -0.3 is 23.2 Å². The standard InChI is InChI=1S/C17H34N2O6/c1-13(2)17(22)24-12-14(25-16(21)10-19(6,7)8)11-23-15(20)9-18(3,4)5/h13-14H,9-12H2,1-8H3/q+2. The first-order chi connectivity index (χ1) is 11.2. The number of likely N-dealkylation sites (N-methyl/N-ethyl adjacent to an activating group) is 2. The minimum Gasteiger partial charge on any atom is -0.461 e. The number of quaternary nitrogens is 2. The van der Waals surface area contributed by atoms with Gasteiger partial charge in [-0.1, -0.05) is 13.8 Å². The second-order valence-corrected chi connectivity index (χ2v) is 8.48. The lowest BCUT2D eigenvalue weighted by Gasteiger charge is -2.25. The van der Waals surface area contributed by atoms with E-state index in [0.717, 1.165) is 0 Å². The molecule has 0 N–H and O–H groups in total. The van der Waals surface area contributed by atoms with Gasteiger partial charge in [0, 0.05) is 0 Å². The molecular formula is C17H34N2O6+2. The molecule has 146 valence electrons. The van der Waals surface area contributed by atoms with Gasteiger partial charge in [0.1, 0.15) is 13.2 Å². The Morgan fingerprint density at radius 2 is 1.20 bits per heavy atom. The van der Waals surface area contributed by atoms with Gasteiger partial charge in [-0.2, -0.15) is 0 Å². The van der Waals surface area contributed by atoms with Crippen LogP contribution in [0.1, 0.15) is 13.8 Å². The van der Waals surface area contributed by atoms with E-state index < -0.39 is 24.0 Å². The minimum absolute atomic E-state index is 0.141. The highest BCUT2D eigenvalue weighted by atomic mass is 16.6. The third-order valence-corrected chi connectivity index (χ3v) is 2.82. The van der Waals surface area contributed by atoms with Crippen LogP contribution in [0.4, 0.5) is 0 Å². The number of hydrogen-bond acceptors (Lipinski definition) is 6. The number of hydrogen-bond donors (Lipinski definition) is 0. The van der Waals surface area contributed by atoms with Crippen molar-refractivity contribution >= 4 is 17.9 Å². The summed E-state index contributed by atoms with van der Waals surface area (Å²) in [5, 5.41) is 0. The number of carbonyl (C=O) groups is 3. The van der Waals surface area contributed by atoms with Crippen LogP contribution in [0.15, 0.2) is 0 Å².